The highest BCUT2D eigenvalue weighted by Gasteiger charge is 2.22. The van der Waals surface area contributed by atoms with E-state index in [-0.39, 0.29) is 11.7 Å². The molecule has 5 nitrogen and oxygen atoms in total. The lowest BCUT2D eigenvalue weighted by Crippen LogP contribution is -2.40. The molecule has 0 bridgehead atoms. The third kappa shape index (κ3) is 5.09. The molecule has 0 spiro atoms. The van der Waals surface area contributed by atoms with E-state index in [4.69, 9.17) is 0 Å². The predicted molar refractivity (Wildman–Crippen MR) is 112 cm³/mol. The first-order valence-electron chi connectivity index (χ1n) is 10.0. The summed E-state index contributed by atoms with van der Waals surface area (Å²) in [6.45, 7) is 3.11. The van der Waals surface area contributed by atoms with E-state index in [1.165, 1.54) is 12.1 Å². The summed E-state index contributed by atoms with van der Waals surface area (Å²) in [6.07, 6.45) is 6.01. The molecule has 0 radical (unpaired) electrons. The van der Waals surface area contributed by atoms with E-state index < -0.39 is 0 Å². The van der Waals surface area contributed by atoms with Gasteiger partial charge in [0, 0.05) is 30.2 Å². The zero-order valence-electron chi connectivity index (χ0n) is 16.3. The molecular weight excluding hydrogens is 367 g/mol. The Hall–Kier alpha value is -2.99. The molecule has 2 heterocycles. The van der Waals surface area contributed by atoms with Gasteiger partial charge in [-0.2, -0.15) is 0 Å². The van der Waals surface area contributed by atoms with Crippen LogP contribution in [0.1, 0.15) is 12.8 Å². The number of nitrogens with one attached hydrogen (secondary N) is 1. The van der Waals surface area contributed by atoms with E-state index in [1.807, 2.05) is 30.6 Å². The van der Waals surface area contributed by atoms with Gasteiger partial charge in [0.05, 0.1) is 6.54 Å². The lowest BCUT2D eigenvalue weighted by atomic mass is 9.96. The maximum absolute atomic E-state index is 13.0. The molecule has 29 heavy (non-hydrogen) atoms. The lowest BCUT2D eigenvalue weighted by Gasteiger charge is -2.31. The van der Waals surface area contributed by atoms with E-state index in [9.17, 15) is 9.18 Å². The number of halogens is 1. The standard InChI is InChI=1S/C23H25FN4O/c24-20-6-8-21(9-7-20)26-22(29)17-27-13-10-18(11-14-27)16-28-15-12-25-23(28)19-4-2-1-3-5-19/h1-9,12,15,18H,10-11,13-14,16-17H2,(H,26,29). The number of anilines is 1. The van der Waals surface area contributed by atoms with Gasteiger partial charge in [0.1, 0.15) is 11.6 Å². The number of benzene rings is 2. The van der Waals surface area contributed by atoms with Crippen molar-refractivity contribution in [1.82, 2.24) is 14.5 Å². The number of hydrogen-bond acceptors (Lipinski definition) is 3. The SMILES string of the molecule is O=C(CN1CCC(Cn2ccnc2-c2ccccc2)CC1)Nc1ccc(F)cc1. The summed E-state index contributed by atoms with van der Waals surface area (Å²) in [4.78, 5) is 19.0. The van der Waals surface area contributed by atoms with E-state index in [0.29, 0.717) is 18.2 Å². The number of rotatable bonds is 6. The second kappa shape index (κ2) is 9.01. The highest BCUT2D eigenvalue weighted by molar-refractivity contribution is 5.92. The fourth-order valence-corrected chi connectivity index (χ4v) is 3.85. The van der Waals surface area contributed by atoms with Crippen LogP contribution in [0.25, 0.3) is 11.4 Å². The number of piperidine rings is 1. The van der Waals surface area contributed by atoms with Crippen molar-refractivity contribution >= 4 is 11.6 Å². The minimum absolute atomic E-state index is 0.0592. The Morgan fingerprint density at radius 2 is 1.79 bits per heavy atom. The molecule has 3 aromatic rings. The Morgan fingerprint density at radius 1 is 1.07 bits per heavy atom. The van der Waals surface area contributed by atoms with Gasteiger partial charge in [-0.05, 0) is 56.1 Å². The molecule has 1 fully saturated rings. The molecule has 1 aliphatic heterocycles. The molecular formula is C23H25FN4O. The summed E-state index contributed by atoms with van der Waals surface area (Å²) in [5.41, 5.74) is 1.76. The zero-order chi connectivity index (χ0) is 20.1. The highest BCUT2D eigenvalue weighted by atomic mass is 19.1. The maximum atomic E-state index is 13.0. The van der Waals surface area contributed by atoms with Gasteiger partial charge in [0.2, 0.25) is 5.91 Å². The van der Waals surface area contributed by atoms with Crippen LogP contribution in [0.3, 0.4) is 0 Å². The summed E-state index contributed by atoms with van der Waals surface area (Å²) in [7, 11) is 0. The molecule has 0 atom stereocenters. The molecule has 0 unspecified atom stereocenters. The van der Waals surface area contributed by atoms with Gasteiger partial charge in [0.15, 0.2) is 0 Å². The van der Waals surface area contributed by atoms with Crippen molar-refractivity contribution in [1.29, 1.82) is 0 Å². The number of imidazole rings is 1. The minimum Gasteiger partial charge on any atom is -0.331 e. The molecule has 1 aromatic heterocycles. The number of likely N-dealkylation sites (tertiary alicyclic amines) is 1. The number of nitrogens with zero attached hydrogens (tertiary/aromatic N) is 3. The van der Waals surface area contributed by atoms with Crippen LogP contribution < -0.4 is 5.32 Å². The fourth-order valence-electron chi connectivity index (χ4n) is 3.85. The topological polar surface area (TPSA) is 50.2 Å². The molecule has 2 aromatic carbocycles. The van der Waals surface area contributed by atoms with Gasteiger partial charge in [-0.3, -0.25) is 9.69 Å². The van der Waals surface area contributed by atoms with E-state index >= 15 is 0 Å². The normalized spacial score (nSPS) is 15.3. The van der Waals surface area contributed by atoms with Crippen LogP contribution >= 0.6 is 0 Å². The van der Waals surface area contributed by atoms with Crippen LogP contribution in [0.2, 0.25) is 0 Å². The number of carbonyl (C=O) groups is 1. The van der Waals surface area contributed by atoms with Crippen molar-refractivity contribution in [3.05, 3.63) is 72.8 Å². The summed E-state index contributed by atoms with van der Waals surface area (Å²) in [5, 5.41) is 2.83. The quantitative estimate of drug-likeness (QED) is 0.689. The Bertz CT molecular complexity index is 931. The summed E-state index contributed by atoms with van der Waals surface area (Å²) < 4.78 is 15.2. The predicted octanol–water partition coefficient (Wildman–Crippen LogP) is 4.04. The third-order valence-corrected chi connectivity index (χ3v) is 5.40. The Morgan fingerprint density at radius 3 is 2.52 bits per heavy atom. The maximum Gasteiger partial charge on any atom is 0.238 e. The van der Waals surface area contributed by atoms with Gasteiger partial charge in [-0.1, -0.05) is 30.3 Å². The molecule has 0 saturated carbocycles. The van der Waals surface area contributed by atoms with E-state index in [2.05, 4.69) is 31.9 Å². The second-order valence-corrected chi connectivity index (χ2v) is 7.54. The van der Waals surface area contributed by atoms with Crippen LogP contribution in [0, 0.1) is 11.7 Å². The molecule has 1 saturated heterocycles. The van der Waals surface area contributed by atoms with Crippen molar-refractivity contribution in [2.24, 2.45) is 5.92 Å². The van der Waals surface area contributed by atoms with Crippen LogP contribution in [0.4, 0.5) is 10.1 Å². The van der Waals surface area contributed by atoms with E-state index in [1.54, 1.807) is 12.1 Å². The second-order valence-electron chi connectivity index (χ2n) is 7.54. The Balaban J connectivity index is 1.26. The highest BCUT2D eigenvalue weighted by Crippen LogP contribution is 2.23. The first-order chi connectivity index (χ1) is 14.2. The molecule has 4 rings (SSSR count). The molecule has 1 amide bonds. The van der Waals surface area contributed by atoms with Gasteiger partial charge in [0.25, 0.3) is 0 Å². The van der Waals surface area contributed by atoms with Crippen molar-refractivity contribution in [2.75, 3.05) is 25.0 Å². The number of amides is 1. The average molecular weight is 392 g/mol. The molecule has 150 valence electrons. The molecule has 1 aliphatic rings. The largest absolute Gasteiger partial charge is 0.331 e. The van der Waals surface area contributed by atoms with Gasteiger partial charge in [-0.25, -0.2) is 9.37 Å². The first-order valence-corrected chi connectivity index (χ1v) is 10.0. The van der Waals surface area contributed by atoms with Gasteiger partial charge >= 0.3 is 0 Å². The van der Waals surface area contributed by atoms with Crippen molar-refractivity contribution in [3.63, 3.8) is 0 Å². The van der Waals surface area contributed by atoms with Crippen LogP contribution in [-0.4, -0.2) is 40.0 Å². The smallest absolute Gasteiger partial charge is 0.238 e. The molecule has 6 heteroatoms. The number of aromatic nitrogens is 2. The van der Waals surface area contributed by atoms with Gasteiger partial charge < -0.3 is 9.88 Å². The number of carbonyl (C=O) groups excluding carboxylic acids is 1. The van der Waals surface area contributed by atoms with Gasteiger partial charge in [-0.15, -0.1) is 0 Å². The molecule has 0 aliphatic carbocycles. The lowest BCUT2D eigenvalue weighted by molar-refractivity contribution is -0.117. The van der Waals surface area contributed by atoms with Crippen molar-refractivity contribution in [2.45, 2.75) is 19.4 Å². The summed E-state index contributed by atoms with van der Waals surface area (Å²) in [6, 6.07) is 16.1. The summed E-state index contributed by atoms with van der Waals surface area (Å²) >= 11 is 0. The molecule has 1 N–H and O–H groups in total. The third-order valence-electron chi connectivity index (χ3n) is 5.40. The van der Waals surface area contributed by atoms with Crippen LogP contribution in [0.5, 0.6) is 0 Å². The zero-order valence-corrected chi connectivity index (χ0v) is 16.3. The van der Waals surface area contributed by atoms with Crippen LogP contribution in [-0.2, 0) is 11.3 Å². The number of hydrogen-bond donors (Lipinski definition) is 1. The summed E-state index contributed by atoms with van der Waals surface area (Å²) in [5.74, 6) is 1.21. The van der Waals surface area contributed by atoms with Crippen molar-refractivity contribution in [3.8, 4) is 11.4 Å². The first kappa shape index (κ1) is 19.3. The average Bonchev–Trinajstić information content (AvgIpc) is 3.20. The van der Waals surface area contributed by atoms with E-state index in [0.717, 1.165) is 43.9 Å². The monoisotopic (exact) mass is 392 g/mol. The fraction of sp³-hybridized carbons (Fsp3) is 0.304. The van der Waals surface area contributed by atoms with Crippen LogP contribution in [0.15, 0.2) is 67.0 Å². The Labute approximate surface area is 170 Å². The Kier molecular flexibility index (Phi) is 6.00. The van der Waals surface area contributed by atoms with Crippen molar-refractivity contribution < 1.29 is 9.18 Å². The minimum atomic E-state index is -0.307.